The van der Waals surface area contributed by atoms with Gasteiger partial charge in [-0.2, -0.15) is 0 Å². The molecule has 7 heteroatoms. The topological polar surface area (TPSA) is 96.6 Å². The van der Waals surface area contributed by atoms with Crippen LogP contribution in [-0.4, -0.2) is 33.6 Å². The molecule has 0 aromatic carbocycles. The van der Waals surface area contributed by atoms with Crippen molar-refractivity contribution in [2.24, 2.45) is 0 Å². The van der Waals surface area contributed by atoms with Crippen molar-refractivity contribution in [2.75, 3.05) is 11.4 Å². The quantitative estimate of drug-likeness (QED) is 0.612. The summed E-state index contributed by atoms with van der Waals surface area (Å²) < 4.78 is 0. The van der Waals surface area contributed by atoms with Gasteiger partial charge in [-0.05, 0) is 19.4 Å². The van der Waals surface area contributed by atoms with Crippen LogP contribution < -0.4 is 4.90 Å². The number of hydrogen-bond donors (Lipinski definition) is 1. The lowest BCUT2D eigenvalue weighted by Crippen LogP contribution is -2.38. The van der Waals surface area contributed by atoms with E-state index in [0.717, 1.165) is 0 Å². The Bertz CT molecular complexity index is 450. The Morgan fingerprint density at radius 2 is 2.33 bits per heavy atom. The predicted octanol–water partition coefficient (Wildman–Crippen LogP) is 1.68. The fraction of sp³-hybridized carbons (Fsp3) is 0.455. The third-order valence-corrected chi connectivity index (χ3v) is 2.66. The fourth-order valence-electron chi connectivity index (χ4n) is 1.56. The highest BCUT2D eigenvalue weighted by Crippen LogP contribution is 2.26. The lowest BCUT2D eigenvalue weighted by Gasteiger charge is -2.27. The molecule has 0 amide bonds. The van der Waals surface area contributed by atoms with Gasteiger partial charge in [0.25, 0.3) is 0 Å². The Balaban J connectivity index is 3.19. The van der Waals surface area contributed by atoms with Gasteiger partial charge in [0.05, 0.1) is 4.92 Å². The zero-order valence-corrected chi connectivity index (χ0v) is 10.2. The van der Waals surface area contributed by atoms with Gasteiger partial charge in [0.1, 0.15) is 6.54 Å². The van der Waals surface area contributed by atoms with Crippen LogP contribution in [0.1, 0.15) is 20.3 Å². The molecule has 1 rings (SSSR count). The van der Waals surface area contributed by atoms with Crippen molar-refractivity contribution in [3.63, 3.8) is 0 Å². The van der Waals surface area contributed by atoms with Crippen LogP contribution in [0.15, 0.2) is 18.3 Å². The number of anilines is 1. The number of carbonyl (C=O) groups is 1. The van der Waals surface area contributed by atoms with Crippen LogP contribution in [0.3, 0.4) is 0 Å². The molecule has 0 saturated heterocycles. The predicted molar refractivity (Wildman–Crippen MR) is 65.6 cm³/mol. The van der Waals surface area contributed by atoms with E-state index in [1.807, 2.05) is 6.92 Å². The summed E-state index contributed by atoms with van der Waals surface area (Å²) in [5.41, 5.74) is -0.181. The molecule has 1 unspecified atom stereocenters. The summed E-state index contributed by atoms with van der Waals surface area (Å²) in [6.45, 7) is 3.38. The van der Waals surface area contributed by atoms with E-state index < -0.39 is 10.9 Å². The Morgan fingerprint density at radius 1 is 1.67 bits per heavy atom. The van der Waals surface area contributed by atoms with Crippen LogP contribution in [0.4, 0.5) is 11.5 Å². The summed E-state index contributed by atoms with van der Waals surface area (Å²) >= 11 is 0. The molecule has 1 N–H and O–H groups in total. The number of nitro groups is 1. The second kappa shape index (κ2) is 5.95. The molecule has 0 aliphatic heterocycles. The normalized spacial score (nSPS) is 11.9. The van der Waals surface area contributed by atoms with E-state index in [-0.39, 0.29) is 24.1 Å². The van der Waals surface area contributed by atoms with Crippen molar-refractivity contribution >= 4 is 17.5 Å². The first-order valence-corrected chi connectivity index (χ1v) is 5.55. The molecule has 1 aromatic rings. The number of aliphatic carboxylic acids is 1. The number of pyridine rings is 1. The second-order valence-electron chi connectivity index (χ2n) is 3.88. The van der Waals surface area contributed by atoms with E-state index in [1.54, 1.807) is 6.92 Å². The van der Waals surface area contributed by atoms with Crippen LogP contribution in [0.2, 0.25) is 0 Å². The molecular weight excluding hydrogens is 238 g/mol. The van der Waals surface area contributed by atoms with Gasteiger partial charge in [-0.3, -0.25) is 14.9 Å². The number of hydrogen-bond acceptors (Lipinski definition) is 5. The molecule has 18 heavy (non-hydrogen) atoms. The van der Waals surface area contributed by atoms with Gasteiger partial charge in [0, 0.05) is 18.3 Å². The van der Waals surface area contributed by atoms with Crippen LogP contribution in [0.5, 0.6) is 0 Å². The van der Waals surface area contributed by atoms with Gasteiger partial charge in [0.2, 0.25) is 5.82 Å². The van der Waals surface area contributed by atoms with Gasteiger partial charge in [-0.1, -0.05) is 6.92 Å². The van der Waals surface area contributed by atoms with Crippen molar-refractivity contribution in [3.05, 3.63) is 28.4 Å². The van der Waals surface area contributed by atoms with E-state index in [0.29, 0.717) is 6.42 Å². The first-order chi connectivity index (χ1) is 8.47. The molecule has 0 bridgehead atoms. The largest absolute Gasteiger partial charge is 0.480 e. The van der Waals surface area contributed by atoms with Crippen molar-refractivity contribution in [1.29, 1.82) is 0 Å². The minimum absolute atomic E-state index is 0.0965. The van der Waals surface area contributed by atoms with Crippen molar-refractivity contribution in [2.45, 2.75) is 26.3 Å². The van der Waals surface area contributed by atoms with Crippen LogP contribution in [0, 0.1) is 10.1 Å². The first-order valence-electron chi connectivity index (χ1n) is 5.55. The summed E-state index contributed by atoms with van der Waals surface area (Å²) in [5, 5.41) is 19.8. The summed E-state index contributed by atoms with van der Waals surface area (Å²) in [6.07, 6.45) is 2.08. The molecular formula is C11H15N3O4. The van der Waals surface area contributed by atoms with Crippen molar-refractivity contribution in [3.8, 4) is 0 Å². The maximum absolute atomic E-state index is 10.9. The summed E-state index contributed by atoms with van der Waals surface area (Å²) in [4.78, 5) is 26.6. The molecule has 1 atom stereocenters. The zero-order valence-electron chi connectivity index (χ0n) is 10.2. The Morgan fingerprint density at radius 3 is 2.83 bits per heavy atom. The highest BCUT2D eigenvalue weighted by atomic mass is 16.6. The number of rotatable bonds is 6. The Labute approximate surface area is 104 Å². The van der Waals surface area contributed by atoms with Crippen molar-refractivity contribution < 1.29 is 14.8 Å². The third kappa shape index (κ3) is 3.16. The summed E-state index contributed by atoms with van der Waals surface area (Å²) in [6, 6.07) is 2.63. The minimum atomic E-state index is -1.05. The Hall–Kier alpha value is -2.18. The fourth-order valence-corrected chi connectivity index (χ4v) is 1.56. The van der Waals surface area contributed by atoms with Gasteiger partial charge < -0.3 is 10.0 Å². The molecule has 7 nitrogen and oxygen atoms in total. The molecule has 98 valence electrons. The molecule has 0 spiro atoms. The lowest BCUT2D eigenvalue weighted by atomic mass is 10.2. The maximum atomic E-state index is 10.9. The molecule has 0 saturated carbocycles. The van der Waals surface area contributed by atoms with E-state index in [4.69, 9.17) is 5.11 Å². The van der Waals surface area contributed by atoms with Crippen LogP contribution in [-0.2, 0) is 4.79 Å². The molecule has 1 heterocycles. The highest BCUT2D eigenvalue weighted by molar-refractivity contribution is 5.75. The Kier molecular flexibility index (Phi) is 4.59. The third-order valence-electron chi connectivity index (χ3n) is 2.66. The summed E-state index contributed by atoms with van der Waals surface area (Å²) in [7, 11) is 0. The van der Waals surface area contributed by atoms with Gasteiger partial charge in [-0.25, -0.2) is 4.98 Å². The SMILES string of the molecule is CCC(C)N(CC(=O)O)c1ncccc1[N+](=O)[O-]. The van der Waals surface area contributed by atoms with E-state index >= 15 is 0 Å². The number of carboxylic acids is 1. The van der Waals surface area contributed by atoms with E-state index in [2.05, 4.69) is 4.98 Å². The van der Waals surface area contributed by atoms with Gasteiger partial charge in [-0.15, -0.1) is 0 Å². The number of aromatic nitrogens is 1. The molecule has 0 aliphatic carbocycles. The second-order valence-corrected chi connectivity index (χ2v) is 3.88. The van der Waals surface area contributed by atoms with Crippen LogP contribution in [0.25, 0.3) is 0 Å². The minimum Gasteiger partial charge on any atom is -0.480 e. The number of nitrogens with zero attached hydrogens (tertiary/aromatic N) is 3. The average Bonchev–Trinajstić information content (AvgIpc) is 2.34. The van der Waals surface area contributed by atoms with Crippen LogP contribution >= 0.6 is 0 Å². The van der Waals surface area contributed by atoms with E-state index in [9.17, 15) is 14.9 Å². The lowest BCUT2D eigenvalue weighted by molar-refractivity contribution is -0.384. The molecule has 0 aliphatic rings. The average molecular weight is 253 g/mol. The molecule has 0 radical (unpaired) electrons. The zero-order chi connectivity index (χ0) is 13.7. The maximum Gasteiger partial charge on any atom is 0.323 e. The number of carboxylic acid groups (broad SMARTS) is 1. The van der Waals surface area contributed by atoms with Gasteiger partial charge in [0.15, 0.2) is 0 Å². The smallest absolute Gasteiger partial charge is 0.323 e. The van der Waals surface area contributed by atoms with Gasteiger partial charge >= 0.3 is 11.7 Å². The summed E-state index contributed by atoms with van der Waals surface area (Å²) in [5.74, 6) is -0.950. The molecule has 0 fully saturated rings. The highest BCUT2D eigenvalue weighted by Gasteiger charge is 2.25. The standard InChI is InChI=1S/C11H15N3O4/c1-3-8(2)13(7-10(15)16)11-9(14(17)18)5-4-6-12-11/h4-6,8H,3,7H2,1-2H3,(H,15,16). The van der Waals surface area contributed by atoms with E-state index in [1.165, 1.54) is 23.2 Å². The molecule has 1 aromatic heterocycles. The monoisotopic (exact) mass is 253 g/mol. The van der Waals surface area contributed by atoms with Crippen molar-refractivity contribution in [1.82, 2.24) is 4.98 Å². The first kappa shape index (κ1) is 13.9.